The standard InChI is InChI=1S/C13H24N2O3S/c1-2-18-13(17)4-3-7-15-12(16)10-19-11-5-8-14-9-6-11/h11,14H,2-10H2,1H3,(H,15,16). The maximum atomic E-state index is 11.6. The summed E-state index contributed by atoms with van der Waals surface area (Å²) < 4.78 is 4.81. The van der Waals surface area contributed by atoms with Crippen LogP contribution in [0.15, 0.2) is 0 Å². The van der Waals surface area contributed by atoms with Gasteiger partial charge in [0.15, 0.2) is 0 Å². The lowest BCUT2D eigenvalue weighted by atomic mass is 10.2. The number of nitrogens with one attached hydrogen (secondary N) is 2. The van der Waals surface area contributed by atoms with Crippen molar-refractivity contribution in [2.75, 3.05) is 32.0 Å². The lowest BCUT2D eigenvalue weighted by Gasteiger charge is -2.21. The zero-order chi connectivity index (χ0) is 13.9. The maximum absolute atomic E-state index is 11.6. The van der Waals surface area contributed by atoms with Crippen molar-refractivity contribution in [2.24, 2.45) is 0 Å². The summed E-state index contributed by atoms with van der Waals surface area (Å²) in [6, 6.07) is 0. The Bertz CT molecular complexity index is 281. The second-order valence-electron chi connectivity index (χ2n) is 4.52. The molecule has 110 valence electrons. The number of esters is 1. The van der Waals surface area contributed by atoms with Crippen LogP contribution in [0.2, 0.25) is 0 Å². The molecule has 0 aromatic heterocycles. The van der Waals surface area contributed by atoms with Crippen LogP contribution in [0.5, 0.6) is 0 Å². The normalized spacial score (nSPS) is 16.1. The van der Waals surface area contributed by atoms with Gasteiger partial charge in [-0.05, 0) is 39.3 Å². The van der Waals surface area contributed by atoms with Crippen molar-refractivity contribution in [2.45, 2.75) is 37.9 Å². The molecule has 0 spiro atoms. The second kappa shape index (κ2) is 10.1. The van der Waals surface area contributed by atoms with Gasteiger partial charge in [0, 0.05) is 18.2 Å². The monoisotopic (exact) mass is 288 g/mol. The third-order valence-electron chi connectivity index (χ3n) is 2.92. The number of rotatable bonds is 8. The van der Waals surface area contributed by atoms with Crippen molar-refractivity contribution in [1.29, 1.82) is 0 Å². The molecule has 0 atom stereocenters. The number of hydrogen-bond acceptors (Lipinski definition) is 5. The van der Waals surface area contributed by atoms with Crippen LogP contribution in [-0.4, -0.2) is 49.1 Å². The number of thioether (sulfide) groups is 1. The van der Waals surface area contributed by atoms with Gasteiger partial charge >= 0.3 is 5.97 Å². The van der Waals surface area contributed by atoms with E-state index in [1.54, 1.807) is 18.7 Å². The van der Waals surface area contributed by atoms with Crippen molar-refractivity contribution in [3.8, 4) is 0 Å². The van der Waals surface area contributed by atoms with Crippen molar-refractivity contribution >= 4 is 23.6 Å². The Hall–Kier alpha value is -0.750. The van der Waals surface area contributed by atoms with E-state index in [-0.39, 0.29) is 11.9 Å². The van der Waals surface area contributed by atoms with Gasteiger partial charge in [0.1, 0.15) is 0 Å². The lowest BCUT2D eigenvalue weighted by Crippen LogP contribution is -2.31. The molecule has 5 nitrogen and oxygen atoms in total. The highest BCUT2D eigenvalue weighted by Crippen LogP contribution is 2.19. The Morgan fingerprint density at radius 3 is 2.79 bits per heavy atom. The zero-order valence-corrected chi connectivity index (χ0v) is 12.4. The highest BCUT2D eigenvalue weighted by molar-refractivity contribution is 8.00. The molecule has 1 heterocycles. The summed E-state index contributed by atoms with van der Waals surface area (Å²) in [6.07, 6.45) is 3.29. The van der Waals surface area contributed by atoms with Crippen LogP contribution in [0.4, 0.5) is 0 Å². The molecule has 0 saturated carbocycles. The van der Waals surface area contributed by atoms with Gasteiger partial charge in [-0.15, -0.1) is 11.8 Å². The molecule has 0 aromatic rings. The summed E-state index contributed by atoms with van der Waals surface area (Å²) in [5.41, 5.74) is 0. The third kappa shape index (κ3) is 8.10. The van der Waals surface area contributed by atoms with Gasteiger partial charge in [0.2, 0.25) is 5.91 Å². The quantitative estimate of drug-likeness (QED) is 0.514. The average molecular weight is 288 g/mol. The van der Waals surface area contributed by atoms with E-state index in [1.807, 2.05) is 0 Å². The van der Waals surface area contributed by atoms with Gasteiger partial charge in [-0.25, -0.2) is 0 Å². The summed E-state index contributed by atoms with van der Waals surface area (Å²) in [6.45, 7) is 4.86. The largest absolute Gasteiger partial charge is 0.466 e. The minimum absolute atomic E-state index is 0.0624. The molecule has 1 fully saturated rings. The van der Waals surface area contributed by atoms with Crippen molar-refractivity contribution in [3.05, 3.63) is 0 Å². The molecule has 6 heteroatoms. The van der Waals surface area contributed by atoms with Gasteiger partial charge in [-0.1, -0.05) is 0 Å². The fourth-order valence-corrected chi connectivity index (χ4v) is 2.96. The molecule has 1 aliphatic heterocycles. The van der Waals surface area contributed by atoms with E-state index in [0.717, 1.165) is 25.9 Å². The number of hydrogen-bond donors (Lipinski definition) is 2. The van der Waals surface area contributed by atoms with E-state index in [4.69, 9.17) is 4.74 Å². The van der Waals surface area contributed by atoms with E-state index in [1.165, 1.54) is 0 Å². The van der Waals surface area contributed by atoms with Crippen LogP contribution < -0.4 is 10.6 Å². The second-order valence-corrected chi connectivity index (χ2v) is 5.81. The first-order chi connectivity index (χ1) is 9.22. The van der Waals surface area contributed by atoms with Crippen LogP contribution in [0.25, 0.3) is 0 Å². The molecule has 0 radical (unpaired) electrons. The predicted octanol–water partition coefficient (Wildman–Crippen LogP) is 0.931. The summed E-state index contributed by atoms with van der Waals surface area (Å²) in [4.78, 5) is 22.7. The molecular weight excluding hydrogens is 264 g/mol. The minimum Gasteiger partial charge on any atom is -0.466 e. The fourth-order valence-electron chi connectivity index (χ4n) is 1.90. The number of ether oxygens (including phenoxy) is 1. The Morgan fingerprint density at radius 2 is 2.11 bits per heavy atom. The summed E-state index contributed by atoms with van der Waals surface area (Å²) in [5, 5.41) is 6.75. The Kier molecular flexibility index (Phi) is 8.66. The minimum atomic E-state index is -0.194. The number of carbonyl (C=O) groups is 2. The topological polar surface area (TPSA) is 67.4 Å². The van der Waals surface area contributed by atoms with Crippen molar-refractivity contribution in [3.63, 3.8) is 0 Å². The van der Waals surface area contributed by atoms with Crippen LogP contribution >= 0.6 is 11.8 Å². The molecule has 0 aliphatic carbocycles. The number of amides is 1. The summed E-state index contributed by atoms with van der Waals surface area (Å²) in [5.74, 6) is 0.387. The molecule has 19 heavy (non-hydrogen) atoms. The zero-order valence-electron chi connectivity index (χ0n) is 11.6. The molecule has 0 unspecified atom stereocenters. The molecule has 0 bridgehead atoms. The molecule has 1 amide bonds. The fraction of sp³-hybridized carbons (Fsp3) is 0.846. The van der Waals surface area contributed by atoms with E-state index in [2.05, 4.69) is 10.6 Å². The predicted molar refractivity (Wildman–Crippen MR) is 77.2 cm³/mol. The van der Waals surface area contributed by atoms with Crippen LogP contribution in [-0.2, 0) is 14.3 Å². The Labute approximate surface area is 119 Å². The van der Waals surface area contributed by atoms with Gasteiger partial charge in [0.05, 0.1) is 12.4 Å². The molecule has 0 aromatic carbocycles. The smallest absolute Gasteiger partial charge is 0.305 e. The first-order valence-corrected chi connectivity index (χ1v) is 8.02. The highest BCUT2D eigenvalue weighted by atomic mass is 32.2. The first-order valence-electron chi connectivity index (χ1n) is 6.97. The first kappa shape index (κ1) is 16.3. The van der Waals surface area contributed by atoms with E-state index in [9.17, 15) is 9.59 Å². The molecule has 1 aliphatic rings. The molecular formula is C13H24N2O3S. The van der Waals surface area contributed by atoms with Crippen LogP contribution in [0.1, 0.15) is 32.6 Å². The van der Waals surface area contributed by atoms with E-state index >= 15 is 0 Å². The number of carbonyl (C=O) groups excluding carboxylic acids is 2. The van der Waals surface area contributed by atoms with Gasteiger partial charge in [0.25, 0.3) is 0 Å². The van der Waals surface area contributed by atoms with Crippen LogP contribution in [0, 0.1) is 0 Å². The highest BCUT2D eigenvalue weighted by Gasteiger charge is 2.14. The third-order valence-corrected chi connectivity index (χ3v) is 4.29. The van der Waals surface area contributed by atoms with Gasteiger partial charge in [-0.2, -0.15) is 0 Å². The van der Waals surface area contributed by atoms with E-state index < -0.39 is 0 Å². The van der Waals surface area contributed by atoms with Crippen molar-refractivity contribution in [1.82, 2.24) is 10.6 Å². The number of piperidine rings is 1. The summed E-state index contributed by atoms with van der Waals surface area (Å²) >= 11 is 1.73. The van der Waals surface area contributed by atoms with Gasteiger partial charge in [-0.3, -0.25) is 9.59 Å². The van der Waals surface area contributed by atoms with Gasteiger partial charge < -0.3 is 15.4 Å². The molecule has 2 N–H and O–H groups in total. The van der Waals surface area contributed by atoms with Crippen LogP contribution in [0.3, 0.4) is 0 Å². The van der Waals surface area contributed by atoms with E-state index in [0.29, 0.717) is 37.0 Å². The Morgan fingerprint density at radius 1 is 1.37 bits per heavy atom. The lowest BCUT2D eigenvalue weighted by molar-refractivity contribution is -0.143. The Balaban J connectivity index is 1.97. The molecule has 1 saturated heterocycles. The average Bonchev–Trinajstić information content (AvgIpc) is 2.43. The SMILES string of the molecule is CCOC(=O)CCCNC(=O)CSC1CCNCC1. The summed E-state index contributed by atoms with van der Waals surface area (Å²) in [7, 11) is 0. The van der Waals surface area contributed by atoms with Crippen molar-refractivity contribution < 1.29 is 14.3 Å². The molecule has 1 rings (SSSR count). The maximum Gasteiger partial charge on any atom is 0.305 e.